The molecule has 1 saturated heterocycles. The van der Waals surface area contributed by atoms with E-state index < -0.39 is 12.0 Å². The van der Waals surface area contributed by atoms with Crippen LogP contribution in [0.4, 0.5) is 4.79 Å². The summed E-state index contributed by atoms with van der Waals surface area (Å²) in [5.41, 5.74) is 1.55. The zero-order chi connectivity index (χ0) is 24.8. The molecule has 1 N–H and O–H groups in total. The highest BCUT2D eigenvalue weighted by Gasteiger charge is 2.39. The van der Waals surface area contributed by atoms with Crippen LogP contribution in [0.1, 0.15) is 32.4 Å². The maximum absolute atomic E-state index is 13.2. The van der Waals surface area contributed by atoms with Gasteiger partial charge in [0, 0.05) is 55.9 Å². The van der Waals surface area contributed by atoms with Crippen LogP contribution in [0.15, 0.2) is 48.2 Å². The molecule has 34 heavy (non-hydrogen) atoms. The minimum atomic E-state index is -0.736. The highest BCUT2D eigenvalue weighted by Crippen LogP contribution is 2.35. The lowest BCUT2D eigenvalue weighted by Gasteiger charge is -2.40. The predicted octanol–water partition coefficient (Wildman–Crippen LogP) is 3.21. The maximum atomic E-state index is 13.2. The first-order chi connectivity index (χ1) is 16.3. The molecule has 0 spiro atoms. The number of carbonyl (C=O) groups excluding carboxylic acids is 3. The Balaban J connectivity index is 1.99. The molecule has 9 heteroatoms. The number of carbonyl (C=O) groups is 3. The number of amides is 3. The highest BCUT2D eigenvalue weighted by molar-refractivity contribution is 6.31. The first-order valence-electron chi connectivity index (χ1n) is 11.6. The van der Waals surface area contributed by atoms with Crippen LogP contribution in [0.3, 0.4) is 0 Å². The summed E-state index contributed by atoms with van der Waals surface area (Å²) in [6, 6.07) is 6.07. The smallest absolute Gasteiger partial charge is 0.338 e. The number of hydrogen-bond donors (Lipinski definition) is 1. The minimum absolute atomic E-state index is 0.0498. The number of halogens is 1. The van der Waals surface area contributed by atoms with Gasteiger partial charge < -0.3 is 15.0 Å². The average molecular weight is 489 g/mol. The molecule has 1 aromatic rings. The Kier molecular flexibility index (Phi) is 8.74. The first kappa shape index (κ1) is 25.8. The molecule has 1 aromatic carbocycles. The SMILES string of the molecule is C=CCN1C(=O)NC(c2ccccc2Cl)C(C(=O)OCC)=C1CN1CCN(C(=O)C(C)C)CC1. The fourth-order valence-corrected chi connectivity index (χ4v) is 4.54. The third kappa shape index (κ3) is 5.62. The van der Waals surface area contributed by atoms with Gasteiger partial charge in [-0.15, -0.1) is 6.58 Å². The zero-order valence-electron chi connectivity index (χ0n) is 20.1. The number of benzene rings is 1. The van der Waals surface area contributed by atoms with Crippen molar-refractivity contribution in [3.8, 4) is 0 Å². The second-order valence-corrected chi connectivity index (χ2v) is 9.05. The molecule has 184 valence electrons. The molecule has 1 atom stereocenters. The summed E-state index contributed by atoms with van der Waals surface area (Å²) in [6.07, 6.45) is 1.62. The molecule has 0 aromatic heterocycles. The van der Waals surface area contributed by atoms with Crippen LogP contribution in [0.25, 0.3) is 0 Å². The van der Waals surface area contributed by atoms with Crippen LogP contribution in [-0.2, 0) is 14.3 Å². The fourth-order valence-electron chi connectivity index (χ4n) is 4.29. The molecule has 0 aliphatic carbocycles. The average Bonchev–Trinajstić information content (AvgIpc) is 2.81. The lowest BCUT2D eigenvalue weighted by molar-refractivity contribution is -0.139. The van der Waals surface area contributed by atoms with E-state index in [-0.39, 0.29) is 31.0 Å². The van der Waals surface area contributed by atoms with E-state index in [0.717, 1.165) is 0 Å². The van der Waals surface area contributed by atoms with Crippen molar-refractivity contribution in [2.45, 2.75) is 26.8 Å². The summed E-state index contributed by atoms with van der Waals surface area (Å²) in [5, 5.41) is 3.37. The van der Waals surface area contributed by atoms with Crippen molar-refractivity contribution in [3.63, 3.8) is 0 Å². The molecule has 1 unspecified atom stereocenters. The van der Waals surface area contributed by atoms with Crippen molar-refractivity contribution < 1.29 is 19.1 Å². The lowest BCUT2D eigenvalue weighted by atomic mass is 9.94. The van der Waals surface area contributed by atoms with Gasteiger partial charge >= 0.3 is 12.0 Å². The standard InChI is InChI=1S/C25H33ClN4O4/c1-5-11-30-20(16-28-12-14-29(15-13-28)23(31)17(3)4)21(24(32)34-6-2)22(27-25(30)33)18-9-7-8-10-19(18)26/h5,7-10,17,22H,1,6,11-16H2,2-4H3,(H,27,33). The molecule has 2 heterocycles. The van der Waals surface area contributed by atoms with Gasteiger partial charge in [-0.05, 0) is 18.6 Å². The van der Waals surface area contributed by atoms with Crippen molar-refractivity contribution in [1.82, 2.24) is 20.0 Å². The summed E-state index contributed by atoms with van der Waals surface area (Å²) >= 11 is 6.46. The number of nitrogens with zero attached hydrogens (tertiary/aromatic N) is 3. The number of hydrogen-bond acceptors (Lipinski definition) is 5. The Morgan fingerprint density at radius 1 is 1.24 bits per heavy atom. The van der Waals surface area contributed by atoms with E-state index in [9.17, 15) is 14.4 Å². The topological polar surface area (TPSA) is 82.2 Å². The van der Waals surface area contributed by atoms with Gasteiger partial charge in [-0.2, -0.15) is 0 Å². The van der Waals surface area contributed by atoms with Gasteiger partial charge in [-0.1, -0.05) is 49.7 Å². The number of piperazine rings is 1. The van der Waals surface area contributed by atoms with Crippen molar-refractivity contribution >= 4 is 29.5 Å². The van der Waals surface area contributed by atoms with Crippen molar-refractivity contribution in [1.29, 1.82) is 0 Å². The summed E-state index contributed by atoms with van der Waals surface area (Å²) < 4.78 is 5.41. The van der Waals surface area contributed by atoms with E-state index in [1.165, 1.54) is 4.90 Å². The molecule has 2 aliphatic rings. The third-order valence-corrected chi connectivity index (χ3v) is 6.36. The summed E-state index contributed by atoms with van der Waals surface area (Å²) in [5.74, 6) is -0.411. The van der Waals surface area contributed by atoms with Gasteiger partial charge in [0.1, 0.15) is 0 Å². The van der Waals surface area contributed by atoms with Gasteiger partial charge in [-0.25, -0.2) is 9.59 Å². The first-order valence-corrected chi connectivity index (χ1v) is 12.0. The van der Waals surface area contributed by atoms with Crippen LogP contribution >= 0.6 is 11.6 Å². The number of rotatable bonds is 8. The van der Waals surface area contributed by atoms with E-state index in [0.29, 0.717) is 54.6 Å². The zero-order valence-corrected chi connectivity index (χ0v) is 20.8. The molecule has 0 radical (unpaired) electrons. The molecule has 2 aliphatic heterocycles. The Bertz CT molecular complexity index is 969. The Morgan fingerprint density at radius 2 is 1.91 bits per heavy atom. The summed E-state index contributed by atoms with van der Waals surface area (Å²) in [6.45, 7) is 12.6. The van der Waals surface area contributed by atoms with Crippen LogP contribution in [0, 0.1) is 5.92 Å². The molecule has 3 amide bonds. The van der Waals surface area contributed by atoms with Crippen molar-refractivity contribution in [3.05, 3.63) is 58.8 Å². The normalized spacial score (nSPS) is 19.3. The van der Waals surface area contributed by atoms with Gasteiger partial charge in [-0.3, -0.25) is 14.6 Å². The van der Waals surface area contributed by atoms with Crippen LogP contribution in [0.2, 0.25) is 5.02 Å². The Morgan fingerprint density at radius 3 is 2.50 bits per heavy atom. The number of nitrogens with one attached hydrogen (secondary N) is 1. The van der Waals surface area contributed by atoms with Gasteiger partial charge in [0.05, 0.1) is 18.2 Å². The quantitative estimate of drug-likeness (QED) is 0.449. The second-order valence-electron chi connectivity index (χ2n) is 8.64. The van der Waals surface area contributed by atoms with Crippen molar-refractivity contribution in [2.24, 2.45) is 5.92 Å². The van der Waals surface area contributed by atoms with Crippen LogP contribution < -0.4 is 5.32 Å². The van der Waals surface area contributed by atoms with E-state index in [4.69, 9.17) is 16.3 Å². The number of urea groups is 1. The van der Waals surface area contributed by atoms with Gasteiger partial charge in [0.2, 0.25) is 5.91 Å². The fraction of sp³-hybridized carbons (Fsp3) is 0.480. The molecule has 3 rings (SSSR count). The maximum Gasteiger partial charge on any atom is 0.338 e. The molecular formula is C25H33ClN4O4. The van der Waals surface area contributed by atoms with Gasteiger partial charge in [0.15, 0.2) is 0 Å². The summed E-state index contributed by atoms with van der Waals surface area (Å²) in [4.78, 5) is 44.3. The van der Waals surface area contributed by atoms with Gasteiger partial charge in [0.25, 0.3) is 0 Å². The number of esters is 1. The van der Waals surface area contributed by atoms with E-state index in [2.05, 4.69) is 16.8 Å². The predicted molar refractivity (Wildman–Crippen MR) is 131 cm³/mol. The molecule has 1 fully saturated rings. The van der Waals surface area contributed by atoms with Crippen LogP contribution in [-0.4, -0.2) is 78.5 Å². The largest absolute Gasteiger partial charge is 0.463 e. The molecule has 0 bridgehead atoms. The third-order valence-electron chi connectivity index (χ3n) is 6.01. The summed E-state index contributed by atoms with van der Waals surface area (Å²) in [7, 11) is 0. The van der Waals surface area contributed by atoms with Crippen LogP contribution in [0.5, 0.6) is 0 Å². The monoisotopic (exact) mass is 488 g/mol. The molecular weight excluding hydrogens is 456 g/mol. The minimum Gasteiger partial charge on any atom is -0.463 e. The molecule has 0 saturated carbocycles. The van der Waals surface area contributed by atoms with E-state index in [1.54, 1.807) is 31.2 Å². The number of ether oxygens (including phenoxy) is 1. The molecule has 8 nitrogen and oxygen atoms in total. The van der Waals surface area contributed by atoms with E-state index in [1.807, 2.05) is 24.8 Å². The lowest BCUT2D eigenvalue weighted by Crippen LogP contribution is -2.54. The van der Waals surface area contributed by atoms with E-state index >= 15 is 0 Å². The second kappa shape index (κ2) is 11.5. The Labute approximate surface area is 206 Å². The van der Waals surface area contributed by atoms with Crippen molar-refractivity contribution in [2.75, 3.05) is 45.9 Å². The highest BCUT2D eigenvalue weighted by atomic mass is 35.5. The Hall–Kier alpha value is -2.84.